The van der Waals surface area contributed by atoms with E-state index in [0.29, 0.717) is 39.0 Å². The van der Waals surface area contributed by atoms with E-state index in [4.69, 9.17) is 14.2 Å². The van der Waals surface area contributed by atoms with Gasteiger partial charge in [0.25, 0.3) is 0 Å². The van der Waals surface area contributed by atoms with Gasteiger partial charge in [0.05, 0.1) is 42.7 Å². The predicted molar refractivity (Wildman–Crippen MR) is 227 cm³/mol. The fourth-order valence-corrected chi connectivity index (χ4v) is 8.32. The second-order valence-electron chi connectivity index (χ2n) is 16.9. The fraction of sp³-hybridized carbons (Fsp3) is 0.750. The summed E-state index contributed by atoms with van der Waals surface area (Å²) in [7, 11) is 10.1. The number of hydrogen-bond donors (Lipinski definition) is 3. The van der Waals surface area contributed by atoms with E-state index in [1.807, 2.05) is 90.9 Å². The molecule has 330 valence electrons. The highest BCUT2D eigenvalue weighted by atomic mass is 16.5. The second kappa shape index (κ2) is 25.1. The van der Waals surface area contributed by atoms with Crippen molar-refractivity contribution in [1.82, 2.24) is 30.7 Å². The lowest BCUT2D eigenvalue weighted by atomic mass is 9.89. The summed E-state index contributed by atoms with van der Waals surface area (Å²) in [6.45, 7) is 15.0. The molecule has 1 aromatic carbocycles. The van der Waals surface area contributed by atoms with Crippen LogP contribution in [0.25, 0.3) is 0 Å². The molecular weight excluding hydrogens is 741 g/mol. The van der Waals surface area contributed by atoms with Gasteiger partial charge >= 0.3 is 0 Å². The largest absolute Gasteiger partial charge is 0.385 e. The van der Waals surface area contributed by atoms with Crippen molar-refractivity contribution in [2.45, 2.75) is 129 Å². The highest BCUT2D eigenvalue weighted by molar-refractivity contribution is 5.90. The van der Waals surface area contributed by atoms with Crippen LogP contribution in [0, 0.1) is 23.7 Å². The molecule has 0 aromatic heterocycles. The summed E-state index contributed by atoms with van der Waals surface area (Å²) in [5, 5.41) is 8.94. The molecule has 1 heterocycles. The maximum absolute atomic E-state index is 14.3. The van der Waals surface area contributed by atoms with E-state index in [1.54, 1.807) is 45.1 Å². The van der Waals surface area contributed by atoms with Crippen LogP contribution < -0.4 is 16.0 Å². The minimum Gasteiger partial charge on any atom is -0.385 e. The smallest absolute Gasteiger partial charge is 0.245 e. The monoisotopic (exact) mass is 817 g/mol. The average Bonchev–Trinajstić information content (AvgIpc) is 3.67. The summed E-state index contributed by atoms with van der Waals surface area (Å²) in [5.41, 5.74) is 0.910. The molecule has 0 bridgehead atoms. The highest BCUT2D eigenvalue weighted by Crippen LogP contribution is 2.30. The van der Waals surface area contributed by atoms with Gasteiger partial charge in [-0.15, -0.1) is 0 Å². The Morgan fingerprint density at radius 1 is 0.862 bits per heavy atom. The summed E-state index contributed by atoms with van der Waals surface area (Å²) >= 11 is 0. The lowest BCUT2D eigenvalue weighted by Gasteiger charge is -2.41. The maximum Gasteiger partial charge on any atom is 0.245 e. The van der Waals surface area contributed by atoms with Crippen molar-refractivity contribution in [2.24, 2.45) is 23.7 Å². The summed E-state index contributed by atoms with van der Waals surface area (Å²) in [5.74, 6) is -2.11. The number of carbonyl (C=O) groups is 5. The van der Waals surface area contributed by atoms with Crippen LogP contribution in [0.5, 0.6) is 0 Å². The Balaban J connectivity index is 2.29. The second-order valence-corrected chi connectivity index (χ2v) is 16.9. The van der Waals surface area contributed by atoms with Crippen molar-refractivity contribution < 1.29 is 38.2 Å². The zero-order chi connectivity index (χ0) is 43.7. The van der Waals surface area contributed by atoms with Gasteiger partial charge in [-0.1, -0.05) is 85.2 Å². The number of ether oxygens (including phenoxy) is 3. The summed E-state index contributed by atoms with van der Waals surface area (Å²) in [6, 6.07) is 6.68. The fourth-order valence-electron chi connectivity index (χ4n) is 8.32. The molecule has 5 amide bonds. The number of hydrogen-bond acceptors (Lipinski definition) is 9. The Hall–Kier alpha value is -3.59. The van der Waals surface area contributed by atoms with Crippen LogP contribution in [-0.2, 0) is 44.6 Å². The molecule has 2 rings (SSSR count). The molecule has 1 aromatic rings. The van der Waals surface area contributed by atoms with Crippen molar-refractivity contribution in [3.8, 4) is 0 Å². The van der Waals surface area contributed by atoms with Gasteiger partial charge in [0.1, 0.15) is 12.1 Å². The molecule has 3 N–H and O–H groups in total. The van der Waals surface area contributed by atoms with Crippen molar-refractivity contribution >= 4 is 29.5 Å². The van der Waals surface area contributed by atoms with Crippen molar-refractivity contribution in [1.29, 1.82) is 0 Å². The first-order valence-electron chi connectivity index (χ1n) is 21.1. The third-order valence-corrected chi connectivity index (χ3v) is 11.7. The number of likely N-dealkylation sites (tertiary alicyclic amines) is 1. The predicted octanol–water partition coefficient (Wildman–Crippen LogP) is 3.51. The normalized spacial score (nSPS) is 18.6. The minimum absolute atomic E-state index is 0.00773. The summed E-state index contributed by atoms with van der Waals surface area (Å²) in [4.78, 5) is 74.6. The third kappa shape index (κ3) is 14.3. The molecule has 9 atom stereocenters. The van der Waals surface area contributed by atoms with E-state index < -0.39 is 48.3 Å². The summed E-state index contributed by atoms with van der Waals surface area (Å²) < 4.78 is 17.1. The lowest BCUT2D eigenvalue weighted by Crippen LogP contribution is -2.59. The molecule has 1 fully saturated rings. The van der Waals surface area contributed by atoms with Gasteiger partial charge in [0.15, 0.2) is 0 Å². The van der Waals surface area contributed by atoms with Crippen LogP contribution in [0.4, 0.5) is 0 Å². The standard InChI is InChI=1S/C44H76N6O8/c1-14-30(6)39(49(10)44(55)37(28(2)3)47-43(54)38(29(4)5)48(8)9)35(57-12)27-36(51)50-24-18-22-34(50)40(58-13)31(7)41(52)46-33(26-32-20-16-15-17-21-32)42(53)45-23-19-25-56-11/h15-17,20-21,28-31,33-35,37-40H,14,18-19,22-27H2,1-13H3,(H,45,53)(H,46,52)(H,47,54). The quantitative estimate of drug-likeness (QED) is 0.126. The maximum atomic E-state index is 14.3. The van der Waals surface area contributed by atoms with Gasteiger partial charge in [-0.25, -0.2) is 0 Å². The summed E-state index contributed by atoms with van der Waals surface area (Å²) in [6.07, 6.45) is 1.78. The van der Waals surface area contributed by atoms with E-state index in [-0.39, 0.29) is 53.7 Å². The van der Waals surface area contributed by atoms with E-state index in [9.17, 15) is 24.0 Å². The van der Waals surface area contributed by atoms with Crippen LogP contribution in [0.3, 0.4) is 0 Å². The molecule has 14 heteroatoms. The molecule has 0 aliphatic carbocycles. The molecule has 1 saturated heterocycles. The number of amides is 5. The minimum atomic E-state index is -0.813. The van der Waals surface area contributed by atoms with Gasteiger partial charge in [-0.2, -0.15) is 0 Å². The first-order chi connectivity index (χ1) is 27.4. The van der Waals surface area contributed by atoms with Gasteiger partial charge in [0, 0.05) is 54.5 Å². The molecule has 14 nitrogen and oxygen atoms in total. The number of rotatable bonds is 25. The molecule has 0 saturated carbocycles. The van der Waals surface area contributed by atoms with Crippen molar-refractivity contribution in [3.63, 3.8) is 0 Å². The van der Waals surface area contributed by atoms with E-state index in [1.165, 1.54) is 0 Å². The Bertz CT molecular complexity index is 1420. The van der Waals surface area contributed by atoms with Crippen molar-refractivity contribution in [3.05, 3.63) is 35.9 Å². The van der Waals surface area contributed by atoms with Gasteiger partial charge < -0.3 is 40.0 Å². The molecule has 0 spiro atoms. The number of carbonyl (C=O) groups excluding carboxylic acids is 5. The number of nitrogens with zero attached hydrogens (tertiary/aromatic N) is 3. The molecule has 9 unspecified atom stereocenters. The molecule has 1 aliphatic rings. The van der Waals surface area contributed by atoms with Crippen LogP contribution in [0.2, 0.25) is 0 Å². The first-order valence-corrected chi connectivity index (χ1v) is 21.1. The van der Waals surface area contributed by atoms with Crippen LogP contribution >= 0.6 is 0 Å². The average molecular weight is 817 g/mol. The van der Waals surface area contributed by atoms with E-state index in [2.05, 4.69) is 16.0 Å². The Kier molecular flexibility index (Phi) is 21.9. The number of methoxy groups -OCH3 is 3. The SMILES string of the molecule is CCC(C)C(C(CC(=O)N1CCCC1C(OC)C(C)C(=O)NC(Cc1ccccc1)C(=O)NCCCOC)OC)N(C)C(=O)C(NC(=O)C(C(C)C)N(C)C)C(C)C. The van der Waals surface area contributed by atoms with Crippen LogP contribution in [-0.4, -0.2) is 149 Å². The molecule has 58 heavy (non-hydrogen) atoms. The van der Waals surface area contributed by atoms with E-state index in [0.717, 1.165) is 18.4 Å². The zero-order valence-corrected chi connectivity index (χ0v) is 37.7. The Morgan fingerprint density at radius 2 is 1.52 bits per heavy atom. The van der Waals surface area contributed by atoms with Gasteiger partial charge in [0.2, 0.25) is 29.5 Å². The molecular formula is C44H76N6O8. The van der Waals surface area contributed by atoms with E-state index >= 15 is 0 Å². The first kappa shape index (κ1) is 50.6. The number of likely N-dealkylation sites (N-methyl/N-ethyl adjacent to an activating group) is 2. The van der Waals surface area contributed by atoms with Gasteiger partial charge in [-0.05, 0) is 56.7 Å². The Labute approximate surface area is 348 Å². The Morgan fingerprint density at radius 3 is 2.05 bits per heavy atom. The molecule has 0 radical (unpaired) electrons. The van der Waals surface area contributed by atoms with Crippen LogP contribution in [0.1, 0.15) is 86.1 Å². The molecule has 1 aliphatic heterocycles. The lowest BCUT2D eigenvalue weighted by molar-refractivity contribution is -0.148. The number of nitrogens with one attached hydrogen (secondary N) is 3. The van der Waals surface area contributed by atoms with Crippen LogP contribution in [0.15, 0.2) is 30.3 Å². The van der Waals surface area contributed by atoms with Gasteiger partial charge in [-0.3, -0.25) is 28.9 Å². The topological polar surface area (TPSA) is 159 Å². The van der Waals surface area contributed by atoms with Crippen molar-refractivity contribution in [2.75, 3.05) is 62.2 Å². The zero-order valence-electron chi connectivity index (χ0n) is 37.7. The highest BCUT2D eigenvalue weighted by Gasteiger charge is 2.43. The third-order valence-electron chi connectivity index (χ3n) is 11.7. The number of benzene rings is 1.